The highest BCUT2D eigenvalue weighted by Crippen LogP contribution is 2.27. The third kappa shape index (κ3) is 4.79. The quantitative estimate of drug-likeness (QED) is 0.814. The number of rotatable bonds is 5. The van der Waals surface area contributed by atoms with Crippen LogP contribution in [0.15, 0.2) is 53.0 Å². The first kappa shape index (κ1) is 17.9. The molecule has 0 heterocycles. The minimum Gasteiger partial charge on any atom is -0.473 e. The molecule has 0 aliphatic heterocycles. The predicted octanol–water partition coefficient (Wildman–Crippen LogP) is 3.55. The molecule has 0 spiro atoms. The lowest BCUT2D eigenvalue weighted by Gasteiger charge is -2.19. The van der Waals surface area contributed by atoms with Crippen LogP contribution in [-0.4, -0.2) is 18.5 Å². The third-order valence-electron chi connectivity index (χ3n) is 3.05. The summed E-state index contributed by atoms with van der Waals surface area (Å²) in [5.74, 6) is -1.39. The van der Waals surface area contributed by atoms with Crippen LogP contribution in [0.2, 0.25) is 0 Å². The number of nitrogens with one attached hydrogen (secondary N) is 2. The van der Waals surface area contributed by atoms with Gasteiger partial charge < -0.3 is 10.1 Å². The van der Waals surface area contributed by atoms with E-state index in [-0.39, 0.29) is 5.75 Å². The molecule has 0 bridgehead atoms. The number of carbonyl (C=O) groups excluding carboxylic acids is 2. The van der Waals surface area contributed by atoms with Gasteiger partial charge in [0.1, 0.15) is 0 Å². The van der Waals surface area contributed by atoms with E-state index in [9.17, 15) is 14.0 Å². The third-order valence-corrected chi connectivity index (χ3v) is 3.55. The first-order valence-corrected chi connectivity index (χ1v) is 8.06. The average molecular weight is 395 g/mol. The van der Waals surface area contributed by atoms with Gasteiger partial charge in [-0.05, 0) is 25.1 Å². The summed E-state index contributed by atoms with van der Waals surface area (Å²) in [6, 6.07) is 12.2. The van der Waals surface area contributed by atoms with E-state index in [4.69, 9.17) is 4.74 Å². The molecule has 0 aliphatic carbocycles. The number of hydrogen-bond donors (Lipinski definition) is 2. The summed E-state index contributed by atoms with van der Waals surface area (Å²) in [6.45, 7) is 2.10. The molecule has 126 valence electrons. The van der Waals surface area contributed by atoms with Crippen molar-refractivity contribution in [3.63, 3.8) is 0 Å². The maximum atomic E-state index is 14.0. The Morgan fingerprint density at radius 1 is 1.21 bits per heavy atom. The van der Waals surface area contributed by atoms with Crippen LogP contribution in [-0.2, 0) is 4.79 Å². The molecule has 0 aliphatic rings. The average Bonchev–Trinajstić information content (AvgIpc) is 2.55. The number of ether oxygens (including phenoxy) is 1. The molecular formula is C17H16BrFN2O3. The summed E-state index contributed by atoms with van der Waals surface area (Å²) < 4.78 is 20.1. The molecule has 24 heavy (non-hydrogen) atoms. The molecule has 0 saturated carbocycles. The van der Waals surface area contributed by atoms with E-state index in [0.717, 1.165) is 0 Å². The molecule has 0 fully saturated rings. The number of hydrogen-bond acceptors (Lipinski definition) is 3. The van der Waals surface area contributed by atoms with Crippen molar-refractivity contribution in [1.82, 2.24) is 10.6 Å². The minimum atomic E-state index is -1.16. The van der Waals surface area contributed by atoms with Crippen LogP contribution >= 0.6 is 15.9 Å². The Kier molecular flexibility index (Phi) is 6.31. The monoisotopic (exact) mass is 394 g/mol. The van der Waals surface area contributed by atoms with Gasteiger partial charge in [0.2, 0.25) is 6.10 Å². The van der Waals surface area contributed by atoms with Gasteiger partial charge >= 0.3 is 6.03 Å². The number of amides is 3. The molecule has 0 unspecified atom stereocenters. The van der Waals surface area contributed by atoms with Crippen molar-refractivity contribution in [2.24, 2.45) is 0 Å². The van der Waals surface area contributed by atoms with E-state index < -0.39 is 23.9 Å². The van der Waals surface area contributed by atoms with Gasteiger partial charge in [0.25, 0.3) is 5.91 Å². The second kappa shape index (κ2) is 8.44. The first-order valence-electron chi connectivity index (χ1n) is 7.26. The topological polar surface area (TPSA) is 67.4 Å². The maximum Gasteiger partial charge on any atom is 0.321 e. The van der Waals surface area contributed by atoms with Gasteiger partial charge in [0, 0.05) is 16.6 Å². The van der Waals surface area contributed by atoms with Crippen molar-refractivity contribution in [2.45, 2.75) is 13.0 Å². The van der Waals surface area contributed by atoms with Crippen molar-refractivity contribution in [2.75, 3.05) is 6.54 Å². The van der Waals surface area contributed by atoms with E-state index in [0.29, 0.717) is 16.6 Å². The van der Waals surface area contributed by atoms with Gasteiger partial charge in [-0.1, -0.05) is 46.3 Å². The van der Waals surface area contributed by atoms with E-state index >= 15 is 0 Å². The molecule has 5 nitrogen and oxygen atoms in total. The summed E-state index contributed by atoms with van der Waals surface area (Å²) in [7, 11) is 0. The standard InChI is InChI=1S/C17H16BrFN2O3/c1-2-20-17(23)21-16(22)15(11-6-4-3-5-7-11)24-14-9-8-12(18)10-13(14)19/h3-10,15H,2H2,1H3,(H2,20,21,22,23)/t15-/m1/s1. The Morgan fingerprint density at radius 2 is 1.92 bits per heavy atom. The fraction of sp³-hybridized carbons (Fsp3) is 0.176. The minimum absolute atomic E-state index is 0.0851. The van der Waals surface area contributed by atoms with Crippen LogP contribution < -0.4 is 15.4 Å². The highest BCUT2D eigenvalue weighted by atomic mass is 79.9. The Labute approximate surface area is 147 Å². The van der Waals surface area contributed by atoms with Crippen LogP contribution in [0.25, 0.3) is 0 Å². The van der Waals surface area contributed by atoms with E-state index in [1.54, 1.807) is 43.3 Å². The summed E-state index contributed by atoms with van der Waals surface area (Å²) >= 11 is 3.16. The second-order valence-electron chi connectivity index (χ2n) is 4.83. The van der Waals surface area contributed by atoms with Crippen LogP contribution in [0.4, 0.5) is 9.18 Å². The number of carbonyl (C=O) groups is 2. The van der Waals surface area contributed by atoms with Crippen molar-refractivity contribution in [1.29, 1.82) is 0 Å². The molecule has 7 heteroatoms. The maximum absolute atomic E-state index is 14.0. The van der Waals surface area contributed by atoms with Crippen LogP contribution in [0.5, 0.6) is 5.75 Å². The first-order chi connectivity index (χ1) is 11.5. The van der Waals surface area contributed by atoms with Crippen LogP contribution in [0, 0.1) is 5.82 Å². The van der Waals surface area contributed by atoms with E-state index in [1.807, 2.05) is 0 Å². The summed E-state index contributed by atoms with van der Waals surface area (Å²) in [4.78, 5) is 24.0. The van der Waals surface area contributed by atoms with Crippen molar-refractivity contribution >= 4 is 27.9 Å². The van der Waals surface area contributed by atoms with Gasteiger partial charge in [0.05, 0.1) is 0 Å². The lowest BCUT2D eigenvalue weighted by atomic mass is 10.1. The number of halogens is 2. The van der Waals surface area contributed by atoms with Gasteiger partial charge in [-0.25, -0.2) is 9.18 Å². The summed E-state index contributed by atoms with van der Waals surface area (Å²) in [5, 5.41) is 4.64. The molecule has 0 saturated heterocycles. The zero-order valence-corrected chi connectivity index (χ0v) is 14.5. The second-order valence-corrected chi connectivity index (χ2v) is 5.75. The van der Waals surface area contributed by atoms with E-state index in [1.165, 1.54) is 12.1 Å². The SMILES string of the molecule is CCNC(=O)NC(=O)[C@H](Oc1ccc(Br)cc1F)c1ccccc1. The molecule has 2 aromatic rings. The Balaban J connectivity index is 2.26. The van der Waals surface area contributed by atoms with Crippen LogP contribution in [0.3, 0.4) is 0 Å². The number of imide groups is 1. The number of benzene rings is 2. The molecule has 1 atom stereocenters. The lowest BCUT2D eigenvalue weighted by Crippen LogP contribution is -2.42. The fourth-order valence-corrected chi connectivity index (χ4v) is 2.31. The molecule has 0 radical (unpaired) electrons. The predicted molar refractivity (Wildman–Crippen MR) is 91.1 cm³/mol. The molecule has 2 N–H and O–H groups in total. The molecule has 2 rings (SSSR count). The molecule has 2 aromatic carbocycles. The Bertz CT molecular complexity index is 725. The Morgan fingerprint density at radius 3 is 2.54 bits per heavy atom. The zero-order valence-electron chi connectivity index (χ0n) is 12.9. The van der Waals surface area contributed by atoms with Crippen molar-refractivity contribution in [3.8, 4) is 5.75 Å². The highest BCUT2D eigenvalue weighted by Gasteiger charge is 2.25. The largest absolute Gasteiger partial charge is 0.473 e. The van der Waals surface area contributed by atoms with Gasteiger partial charge in [-0.3, -0.25) is 10.1 Å². The normalized spacial score (nSPS) is 11.5. The summed E-state index contributed by atoms with van der Waals surface area (Å²) in [5.41, 5.74) is 0.501. The van der Waals surface area contributed by atoms with Gasteiger partial charge in [-0.15, -0.1) is 0 Å². The number of urea groups is 1. The Hall–Kier alpha value is -2.41. The lowest BCUT2D eigenvalue weighted by molar-refractivity contribution is -0.127. The summed E-state index contributed by atoms with van der Waals surface area (Å²) in [6.07, 6.45) is -1.16. The molecule has 3 amide bonds. The van der Waals surface area contributed by atoms with Crippen molar-refractivity contribution < 1.29 is 18.7 Å². The smallest absolute Gasteiger partial charge is 0.321 e. The van der Waals surface area contributed by atoms with E-state index in [2.05, 4.69) is 26.6 Å². The molecular weight excluding hydrogens is 379 g/mol. The van der Waals surface area contributed by atoms with Gasteiger partial charge in [0.15, 0.2) is 11.6 Å². The zero-order chi connectivity index (χ0) is 17.5. The van der Waals surface area contributed by atoms with Gasteiger partial charge in [-0.2, -0.15) is 0 Å². The fourth-order valence-electron chi connectivity index (χ4n) is 1.98. The molecule has 0 aromatic heterocycles. The highest BCUT2D eigenvalue weighted by molar-refractivity contribution is 9.10. The van der Waals surface area contributed by atoms with Crippen LogP contribution in [0.1, 0.15) is 18.6 Å². The van der Waals surface area contributed by atoms with Crippen molar-refractivity contribution in [3.05, 3.63) is 64.4 Å².